The number of hydrogen-bond acceptors (Lipinski definition) is 7. The highest BCUT2D eigenvalue weighted by atomic mass is 16.5. The molecule has 2 fully saturated rings. The van der Waals surface area contributed by atoms with Gasteiger partial charge in [-0.2, -0.15) is 0 Å². The lowest BCUT2D eigenvalue weighted by atomic mass is 9.83. The average Bonchev–Trinajstić information content (AvgIpc) is 3.38. The zero-order valence-corrected chi connectivity index (χ0v) is 20.4. The van der Waals surface area contributed by atoms with Gasteiger partial charge < -0.3 is 25.9 Å². The number of hydrogen-bond donors (Lipinski definition) is 4. The van der Waals surface area contributed by atoms with Gasteiger partial charge in [-0.3, -0.25) is 19.7 Å². The molecule has 1 aromatic rings. The van der Waals surface area contributed by atoms with Gasteiger partial charge in [-0.1, -0.05) is 48.7 Å². The van der Waals surface area contributed by atoms with Crippen molar-refractivity contribution >= 4 is 23.6 Å². The van der Waals surface area contributed by atoms with Gasteiger partial charge in [0, 0.05) is 18.7 Å². The number of carbonyl (C=O) groups excluding carboxylic acids is 3. The highest BCUT2D eigenvalue weighted by Crippen LogP contribution is 2.29. The summed E-state index contributed by atoms with van der Waals surface area (Å²) in [5.74, 6) is -0.519. The summed E-state index contributed by atoms with van der Waals surface area (Å²) < 4.78 is 5.03. The topological polar surface area (TPSA) is 146 Å². The van der Waals surface area contributed by atoms with Gasteiger partial charge in [0.1, 0.15) is 6.04 Å². The maximum absolute atomic E-state index is 13.6. The standard InChI is InChI=1S/C25H37N5O5/c1-2-35-21(31)16-27-22(18-7-4-3-5-8-18)25(33)30-14-6-9-20(30)24(32)28-15-17-10-12-19(13-11-17)23(26)29-34/h10-13,18,20,22,27,34H,2-9,14-16H2,1H3,(H2,26,29)(H,28,32)/t20-,22+/m0/s1. The zero-order valence-electron chi connectivity index (χ0n) is 20.4. The Bertz CT molecular complexity index is 898. The van der Waals surface area contributed by atoms with Crippen molar-refractivity contribution in [2.45, 2.75) is 70.5 Å². The highest BCUT2D eigenvalue weighted by molar-refractivity contribution is 5.97. The maximum atomic E-state index is 13.6. The van der Waals surface area contributed by atoms with Crippen molar-refractivity contribution < 1.29 is 24.3 Å². The first kappa shape index (κ1) is 26.5. The summed E-state index contributed by atoms with van der Waals surface area (Å²) in [5.41, 5.74) is 7.03. The highest BCUT2D eigenvalue weighted by Gasteiger charge is 2.40. The Balaban J connectivity index is 1.63. The predicted octanol–water partition coefficient (Wildman–Crippen LogP) is 1.49. The van der Waals surface area contributed by atoms with Gasteiger partial charge in [-0.15, -0.1) is 0 Å². The van der Waals surface area contributed by atoms with E-state index in [-0.39, 0.29) is 36.1 Å². The lowest BCUT2D eigenvalue weighted by molar-refractivity contribution is -0.144. The predicted molar refractivity (Wildman–Crippen MR) is 131 cm³/mol. The van der Waals surface area contributed by atoms with Crippen LogP contribution in [0.1, 0.15) is 63.0 Å². The van der Waals surface area contributed by atoms with Crippen molar-refractivity contribution in [3.8, 4) is 0 Å². The Morgan fingerprint density at radius 2 is 1.86 bits per heavy atom. The van der Waals surface area contributed by atoms with Crippen molar-refractivity contribution in [2.24, 2.45) is 16.8 Å². The number of esters is 1. The Kier molecular flexibility index (Phi) is 9.89. The van der Waals surface area contributed by atoms with E-state index in [1.807, 2.05) is 0 Å². The molecule has 2 atom stereocenters. The Labute approximate surface area is 206 Å². The molecule has 1 aliphatic carbocycles. The molecule has 2 aliphatic rings. The summed E-state index contributed by atoms with van der Waals surface area (Å²) in [7, 11) is 0. The fourth-order valence-electron chi connectivity index (χ4n) is 4.97. The van der Waals surface area contributed by atoms with Crippen LogP contribution in [0.4, 0.5) is 0 Å². The molecule has 1 heterocycles. The molecule has 0 radical (unpaired) electrons. The van der Waals surface area contributed by atoms with Gasteiger partial charge >= 0.3 is 5.97 Å². The fourth-order valence-corrected chi connectivity index (χ4v) is 4.97. The lowest BCUT2D eigenvalue weighted by Gasteiger charge is -2.34. The normalized spacial score (nSPS) is 19.9. The van der Waals surface area contributed by atoms with E-state index < -0.39 is 12.1 Å². The van der Waals surface area contributed by atoms with Crippen molar-refractivity contribution in [2.75, 3.05) is 19.7 Å². The molecule has 192 valence electrons. The Hall–Kier alpha value is -3.14. The molecule has 1 saturated carbocycles. The molecule has 0 bridgehead atoms. The van der Waals surface area contributed by atoms with Crippen LogP contribution in [-0.4, -0.2) is 65.5 Å². The van der Waals surface area contributed by atoms with E-state index in [0.29, 0.717) is 31.7 Å². The number of ether oxygens (including phenoxy) is 1. The number of benzene rings is 1. The van der Waals surface area contributed by atoms with Crippen LogP contribution in [0.2, 0.25) is 0 Å². The summed E-state index contributed by atoms with van der Waals surface area (Å²) in [6, 6.07) is 5.99. The number of carbonyl (C=O) groups is 3. The molecule has 1 saturated heterocycles. The molecule has 1 aromatic carbocycles. The van der Waals surface area contributed by atoms with E-state index in [1.54, 1.807) is 36.1 Å². The molecule has 10 nitrogen and oxygen atoms in total. The van der Waals surface area contributed by atoms with Crippen LogP contribution in [-0.2, 0) is 25.7 Å². The molecule has 35 heavy (non-hydrogen) atoms. The van der Waals surface area contributed by atoms with Gasteiger partial charge in [-0.25, -0.2) is 0 Å². The summed E-state index contributed by atoms with van der Waals surface area (Å²) >= 11 is 0. The van der Waals surface area contributed by atoms with Gasteiger partial charge in [0.05, 0.1) is 19.2 Å². The average molecular weight is 488 g/mol. The van der Waals surface area contributed by atoms with E-state index >= 15 is 0 Å². The maximum Gasteiger partial charge on any atom is 0.319 e. The van der Waals surface area contributed by atoms with E-state index in [2.05, 4.69) is 15.8 Å². The lowest BCUT2D eigenvalue weighted by Crippen LogP contribution is -2.55. The summed E-state index contributed by atoms with van der Waals surface area (Å²) in [4.78, 5) is 40.3. The second-order valence-corrected chi connectivity index (χ2v) is 9.15. The Morgan fingerprint density at radius 3 is 2.51 bits per heavy atom. The van der Waals surface area contributed by atoms with E-state index in [1.165, 1.54) is 0 Å². The second kappa shape index (κ2) is 13.1. The Morgan fingerprint density at radius 1 is 1.14 bits per heavy atom. The van der Waals surface area contributed by atoms with Crippen LogP contribution in [0.5, 0.6) is 0 Å². The fraction of sp³-hybridized carbons (Fsp3) is 0.600. The molecule has 1 aliphatic heterocycles. The molecule has 2 amide bonds. The largest absolute Gasteiger partial charge is 0.465 e. The minimum atomic E-state index is -0.533. The molecule has 0 spiro atoms. The molecule has 0 unspecified atom stereocenters. The quantitative estimate of drug-likeness (QED) is 0.129. The molecular weight excluding hydrogens is 450 g/mol. The van der Waals surface area contributed by atoms with Gasteiger partial charge in [0.25, 0.3) is 0 Å². The van der Waals surface area contributed by atoms with Gasteiger partial charge in [0.15, 0.2) is 5.84 Å². The smallest absolute Gasteiger partial charge is 0.319 e. The molecule has 3 rings (SSSR count). The van der Waals surface area contributed by atoms with Crippen LogP contribution in [0.15, 0.2) is 29.4 Å². The number of nitrogens with two attached hydrogens (primary N) is 1. The minimum Gasteiger partial charge on any atom is -0.465 e. The molecule has 0 aromatic heterocycles. The zero-order chi connectivity index (χ0) is 25.2. The number of nitrogens with zero attached hydrogens (tertiary/aromatic N) is 2. The first-order valence-electron chi connectivity index (χ1n) is 12.5. The van der Waals surface area contributed by atoms with Crippen LogP contribution >= 0.6 is 0 Å². The summed E-state index contributed by atoms with van der Waals surface area (Å²) in [6.07, 6.45) is 6.51. The number of oxime groups is 1. The van der Waals surface area contributed by atoms with Crippen molar-refractivity contribution in [3.05, 3.63) is 35.4 Å². The van der Waals surface area contributed by atoms with Crippen LogP contribution < -0.4 is 16.4 Å². The third-order valence-electron chi connectivity index (χ3n) is 6.82. The van der Waals surface area contributed by atoms with Crippen molar-refractivity contribution in [3.63, 3.8) is 0 Å². The summed E-state index contributed by atoms with van der Waals surface area (Å²) in [6.45, 7) is 2.86. The number of rotatable bonds is 10. The minimum absolute atomic E-state index is 0.0183. The number of likely N-dealkylation sites (tertiary alicyclic amines) is 1. The van der Waals surface area contributed by atoms with Gasteiger partial charge in [0.2, 0.25) is 11.8 Å². The van der Waals surface area contributed by atoms with Crippen molar-refractivity contribution in [1.82, 2.24) is 15.5 Å². The van der Waals surface area contributed by atoms with Gasteiger partial charge in [-0.05, 0) is 44.1 Å². The summed E-state index contributed by atoms with van der Waals surface area (Å²) in [5, 5.41) is 17.8. The molecule has 5 N–H and O–H groups in total. The van der Waals surface area contributed by atoms with Crippen LogP contribution in [0.3, 0.4) is 0 Å². The molecular formula is C25H37N5O5. The third-order valence-corrected chi connectivity index (χ3v) is 6.82. The first-order chi connectivity index (χ1) is 16.9. The first-order valence-corrected chi connectivity index (χ1v) is 12.5. The SMILES string of the molecule is CCOC(=O)CN[C@@H](C(=O)N1CCC[C@H]1C(=O)NCc1ccc(/C(N)=N/O)cc1)C1CCCCC1. The van der Waals surface area contributed by atoms with E-state index in [9.17, 15) is 14.4 Å². The van der Waals surface area contributed by atoms with E-state index in [4.69, 9.17) is 15.7 Å². The monoisotopic (exact) mass is 487 g/mol. The van der Waals surface area contributed by atoms with Crippen molar-refractivity contribution in [1.29, 1.82) is 0 Å². The number of amidine groups is 1. The number of amides is 2. The number of nitrogens with one attached hydrogen (secondary N) is 2. The second-order valence-electron chi connectivity index (χ2n) is 9.15. The third kappa shape index (κ3) is 7.17. The van der Waals surface area contributed by atoms with Crippen LogP contribution in [0, 0.1) is 5.92 Å². The van der Waals surface area contributed by atoms with Crippen LogP contribution in [0.25, 0.3) is 0 Å². The van der Waals surface area contributed by atoms with E-state index in [0.717, 1.165) is 44.1 Å². The molecule has 10 heteroatoms.